The molecular weight excluding hydrogens is 250 g/mol. The van der Waals surface area contributed by atoms with Crippen LogP contribution < -0.4 is 5.73 Å². The third-order valence-electron chi connectivity index (χ3n) is 3.32. The maximum absolute atomic E-state index is 6.31. The highest BCUT2D eigenvalue weighted by molar-refractivity contribution is 5.73. The summed E-state index contributed by atoms with van der Waals surface area (Å²) >= 11 is 0. The quantitative estimate of drug-likeness (QED) is 0.870. The summed E-state index contributed by atoms with van der Waals surface area (Å²) in [6, 6.07) is 0. The Balaban J connectivity index is 2.62. The minimum atomic E-state index is -0.0839. The van der Waals surface area contributed by atoms with Crippen LogP contribution in [0.3, 0.4) is 0 Å². The van der Waals surface area contributed by atoms with Gasteiger partial charge in [0, 0.05) is 29.8 Å². The molecule has 0 aliphatic heterocycles. The van der Waals surface area contributed by atoms with Crippen LogP contribution >= 0.6 is 0 Å². The fraction of sp³-hybridized carbons (Fsp3) is 0.600. The summed E-state index contributed by atoms with van der Waals surface area (Å²) < 4.78 is 3.83. The Labute approximate surface area is 120 Å². The molecule has 0 atom stereocenters. The molecular formula is C15H25N5. The maximum atomic E-state index is 6.31. The summed E-state index contributed by atoms with van der Waals surface area (Å²) in [6.07, 6.45) is 3.80. The standard InChI is InChI=1S/C15H25N5/c1-14(2,3)12-10(8-19(7)18-12)11-13(16)20(9-17-11)15(4,5)6/h8-9H,16H2,1-7H3. The number of hydrogen-bond acceptors (Lipinski definition) is 3. The molecule has 0 saturated carbocycles. The van der Waals surface area contributed by atoms with E-state index in [2.05, 4.69) is 51.6 Å². The predicted octanol–water partition coefficient (Wildman–Crippen LogP) is 2.92. The van der Waals surface area contributed by atoms with Gasteiger partial charge in [-0.2, -0.15) is 5.10 Å². The van der Waals surface area contributed by atoms with Gasteiger partial charge in [-0.15, -0.1) is 0 Å². The third-order valence-corrected chi connectivity index (χ3v) is 3.32. The number of rotatable bonds is 1. The van der Waals surface area contributed by atoms with Crippen LogP contribution in [0.5, 0.6) is 0 Å². The molecule has 0 unspecified atom stereocenters. The fourth-order valence-electron chi connectivity index (χ4n) is 2.32. The van der Waals surface area contributed by atoms with Crippen LogP contribution in [-0.2, 0) is 18.0 Å². The van der Waals surface area contributed by atoms with E-state index in [4.69, 9.17) is 5.73 Å². The molecule has 0 aliphatic carbocycles. The van der Waals surface area contributed by atoms with Crippen molar-refractivity contribution in [3.63, 3.8) is 0 Å². The van der Waals surface area contributed by atoms with Gasteiger partial charge in [-0.3, -0.25) is 4.68 Å². The average molecular weight is 275 g/mol. The number of nitrogens with two attached hydrogens (primary N) is 1. The fourth-order valence-corrected chi connectivity index (χ4v) is 2.32. The lowest BCUT2D eigenvalue weighted by atomic mass is 9.89. The van der Waals surface area contributed by atoms with Crippen molar-refractivity contribution in [3.8, 4) is 11.3 Å². The molecule has 0 bridgehead atoms. The van der Waals surface area contributed by atoms with Crippen molar-refractivity contribution in [2.75, 3.05) is 5.73 Å². The molecule has 5 heteroatoms. The molecule has 0 aromatic carbocycles. The number of hydrogen-bond donors (Lipinski definition) is 1. The molecule has 0 aliphatic rings. The Morgan fingerprint density at radius 1 is 1.10 bits per heavy atom. The highest BCUT2D eigenvalue weighted by Gasteiger charge is 2.27. The first-order chi connectivity index (χ1) is 9.01. The Kier molecular flexibility index (Phi) is 3.19. The Hall–Kier alpha value is -1.78. The molecule has 0 radical (unpaired) electrons. The average Bonchev–Trinajstić information content (AvgIpc) is 2.79. The van der Waals surface area contributed by atoms with Crippen LogP contribution in [0.1, 0.15) is 47.2 Å². The molecule has 2 heterocycles. The van der Waals surface area contributed by atoms with Crippen molar-refractivity contribution in [1.82, 2.24) is 19.3 Å². The summed E-state index contributed by atoms with van der Waals surface area (Å²) in [7, 11) is 1.93. The molecule has 110 valence electrons. The molecule has 0 spiro atoms. The van der Waals surface area contributed by atoms with Crippen LogP contribution in [0.25, 0.3) is 11.3 Å². The van der Waals surface area contributed by atoms with E-state index in [1.165, 1.54) is 0 Å². The van der Waals surface area contributed by atoms with E-state index in [9.17, 15) is 0 Å². The molecule has 0 saturated heterocycles. The molecule has 0 fully saturated rings. The van der Waals surface area contributed by atoms with Crippen molar-refractivity contribution >= 4 is 5.82 Å². The first-order valence-corrected chi connectivity index (χ1v) is 6.89. The zero-order chi connectivity index (χ0) is 15.3. The lowest BCUT2D eigenvalue weighted by molar-refractivity contribution is 0.402. The van der Waals surface area contributed by atoms with Crippen LogP contribution in [0.2, 0.25) is 0 Å². The molecule has 2 aromatic rings. The predicted molar refractivity (Wildman–Crippen MR) is 82.5 cm³/mol. The van der Waals surface area contributed by atoms with Crippen molar-refractivity contribution in [2.24, 2.45) is 7.05 Å². The topological polar surface area (TPSA) is 61.7 Å². The lowest BCUT2D eigenvalue weighted by Crippen LogP contribution is -2.22. The van der Waals surface area contributed by atoms with Crippen molar-refractivity contribution in [2.45, 2.75) is 52.5 Å². The normalized spacial score (nSPS) is 12.9. The number of imidazole rings is 1. The Bertz CT molecular complexity index is 620. The summed E-state index contributed by atoms with van der Waals surface area (Å²) in [5, 5.41) is 4.58. The monoisotopic (exact) mass is 275 g/mol. The molecule has 2 rings (SSSR count). The van der Waals surface area contributed by atoms with Crippen LogP contribution in [0.4, 0.5) is 5.82 Å². The summed E-state index contributed by atoms with van der Waals surface area (Å²) in [6.45, 7) is 12.8. The van der Waals surface area contributed by atoms with Gasteiger partial charge in [0.15, 0.2) is 0 Å². The summed E-state index contributed by atoms with van der Waals surface area (Å²) in [5.74, 6) is 0.691. The third kappa shape index (κ3) is 2.44. The van der Waals surface area contributed by atoms with Crippen LogP contribution in [0, 0.1) is 0 Å². The smallest absolute Gasteiger partial charge is 0.132 e. The van der Waals surface area contributed by atoms with E-state index in [0.29, 0.717) is 5.82 Å². The second kappa shape index (κ2) is 4.36. The van der Waals surface area contributed by atoms with E-state index in [0.717, 1.165) is 17.0 Å². The van der Waals surface area contributed by atoms with Gasteiger partial charge in [0.05, 0.1) is 12.0 Å². The van der Waals surface area contributed by atoms with Crippen molar-refractivity contribution in [3.05, 3.63) is 18.2 Å². The molecule has 2 N–H and O–H groups in total. The zero-order valence-corrected chi connectivity index (χ0v) is 13.5. The number of nitrogen functional groups attached to an aromatic ring is 1. The highest BCUT2D eigenvalue weighted by Crippen LogP contribution is 2.35. The number of aromatic nitrogens is 4. The molecule has 0 amide bonds. The van der Waals surface area contributed by atoms with Gasteiger partial charge in [0.2, 0.25) is 0 Å². The summed E-state index contributed by atoms with van der Waals surface area (Å²) in [4.78, 5) is 4.52. The second-order valence-corrected chi connectivity index (χ2v) is 7.33. The van der Waals surface area contributed by atoms with Gasteiger partial charge in [-0.1, -0.05) is 20.8 Å². The molecule has 5 nitrogen and oxygen atoms in total. The van der Waals surface area contributed by atoms with Gasteiger partial charge in [-0.25, -0.2) is 4.98 Å². The summed E-state index contributed by atoms with van der Waals surface area (Å²) in [5.41, 5.74) is 9.03. The van der Waals surface area contributed by atoms with Crippen LogP contribution in [-0.4, -0.2) is 19.3 Å². The second-order valence-electron chi connectivity index (χ2n) is 7.33. The largest absolute Gasteiger partial charge is 0.383 e. The number of anilines is 1. The van der Waals surface area contributed by atoms with Crippen molar-refractivity contribution < 1.29 is 0 Å². The van der Waals surface area contributed by atoms with Gasteiger partial charge in [0.25, 0.3) is 0 Å². The van der Waals surface area contributed by atoms with Crippen molar-refractivity contribution in [1.29, 1.82) is 0 Å². The van der Waals surface area contributed by atoms with Crippen LogP contribution in [0.15, 0.2) is 12.5 Å². The van der Waals surface area contributed by atoms with E-state index in [-0.39, 0.29) is 11.0 Å². The first kappa shape index (κ1) is 14.6. The Morgan fingerprint density at radius 3 is 2.15 bits per heavy atom. The van der Waals surface area contributed by atoms with Gasteiger partial charge in [0.1, 0.15) is 11.5 Å². The minimum absolute atomic E-state index is 0.0471. The number of nitrogens with zero attached hydrogens (tertiary/aromatic N) is 4. The highest BCUT2D eigenvalue weighted by atomic mass is 15.3. The lowest BCUT2D eigenvalue weighted by Gasteiger charge is -2.22. The van der Waals surface area contributed by atoms with Gasteiger partial charge >= 0.3 is 0 Å². The van der Waals surface area contributed by atoms with E-state index in [1.54, 1.807) is 0 Å². The van der Waals surface area contributed by atoms with E-state index < -0.39 is 0 Å². The Morgan fingerprint density at radius 2 is 1.70 bits per heavy atom. The number of aryl methyl sites for hydroxylation is 1. The van der Waals surface area contributed by atoms with Gasteiger partial charge < -0.3 is 10.3 Å². The first-order valence-electron chi connectivity index (χ1n) is 6.89. The zero-order valence-electron chi connectivity index (χ0n) is 13.5. The SMILES string of the molecule is Cn1cc(-c2ncn(C(C)(C)C)c2N)c(C(C)(C)C)n1. The van der Waals surface area contributed by atoms with Gasteiger partial charge in [-0.05, 0) is 20.8 Å². The van der Waals surface area contributed by atoms with E-state index >= 15 is 0 Å². The molecule has 2 aromatic heterocycles. The minimum Gasteiger partial charge on any atom is -0.383 e. The van der Waals surface area contributed by atoms with E-state index in [1.807, 2.05) is 28.8 Å². The maximum Gasteiger partial charge on any atom is 0.132 e. The molecule has 20 heavy (non-hydrogen) atoms.